The molecule has 0 radical (unpaired) electrons. The largest absolute Gasteiger partial charge is 0.493 e. The number of carbonyl (C=O) groups excluding carboxylic acids is 2. The van der Waals surface area contributed by atoms with E-state index in [1.165, 1.54) is 19.2 Å². The summed E-state index contributed by atoms with van der Waals surface area (Å²) in [5.41, 5.74) is 0.787. The van der Waals surface area contributed by atoms with Crippen molar-refractivity contribution in [2.75, 3.05) is 24.4 Å². The van der Waals surface area contributed by atoms with Crippen molar-refractivity contribution < 1.29 is 41.0 Å². The Balaban J connectivity index is 2.10. The van der Waals surface area contributed by atoms with Gasteiger partial charge in [-0.05, 0) is 24.1 Å². The number of methoxy groups -OCH3 is 1. The molecule has 180 valence electrons. The van der Waals surface area contributed by atoms with Crippen LogP contribution in [0.3, 0.4) is 0 Å². The highest BCUT2D eigenvalue weighted by Gasteiger charge is 2.24. The quantitative estimate of drug-likeness (QED) is 0.501. The number of sulfone groups is 1. The smallest absolute Gasteiger partial charge is 0.408 e. The van der Waals surface area contributed by atoms with Gasteiger partial charge in [0.05, 0.1) is 12.9 Å². The van der Waals surface area contributed by atoms with Crippen molar-refractivity contribution in [2.24, 2.45) is 0 Å². The number of ether oxygens (including phenoxy) is 3. The van der Waals surface area contributed by atoms with Gasteiger partial charge in [0.2, 0.25) is 5.91 Å². The van der Waals surface area contributed by atoms with Crippen LogP contribution in [0.25, 0.3) is 0 Å². The Morgan fingerprint density at radius 2 is 1.76 bits per heavy atom. The minimum absolute atomic E-state index is 0.0181. The Bertz CT molecular complexity index is 1050. The molecule has 0 aliphatic carbocycles. The van der Waals surface area contributed by atoms with Crippen molar-refractivity contribution in [3.63, 3.8) is 0 Å². The molecule has 0 saturated carbocycles. The third-order valence-corrected chi connectivity index (χ3v) is 5.22. The lowest BCUT2D eigenvalue weighted by Crippen LogP contribution is -2.45. The summed E-state index contributed by atoms with van der Waals surface area (Å²) < 4.78 is 62.8. The van der Waals surface area contributed by atoms with Gasteiger partial charge >= 0.3 is 12.7 Å². The molecule has 33 heavy (non-hydrogen) atoms. The second-order valence-corrected chi connectivity index (χ2v) is 9.17. The lowest BCUT2D eigenvalue weighted by molar-refractivity contribution is -0.118. The van der Waals surface area contributed by atoms with Gasteiger partial charge in [-0.25, -0.2) is 13.2 Å². The van der Waals surface area contributed by atoms with Gasteiger partial charge in [-0.3, -0.25) is 4.79 Å². The predicted octanol–water partition coefficient (Wildman–Crippen LogP) is 2.96. The van der Waals surface area contributed by atoms with Gasteiger partial charge in [-0.2, -0.15) is 8.78 Å². The zero-order valence-electron chi connectivity index (χ0n) is 17.9. The fraction of sp³-hybridized carbons (Fsp3) is 0.333. The highest BCUT2D eigenvalue weighted by molar-refractivity contribution is 7.90. The van der Waals surface area contributed by atoms with E-state index in [9.17, 15) is 26.8 Å². The Kier molecular flexibility index (Phi) is 9.40. The average molecular weight is 486 g/mol. The fourth-order valence-electron chi connectivity index (χ4n) is 2.68. The first-order chi connectivity index (χ1) is 15.6. The summed E-state index contributed by atoms with van der Waals surface area (Å²) in [7, 11) is -2.18. The zero-order chi connectivity index (χ0) is 24.4. The van der Waals surface area contributed by atoms with Crippen molar-refractivity contribution in [1.82, 2.24) is 5.32 Å². The Hall–Kier alpha value is -3.41. The van der Waals surface area contributed by atoms with Crippen LogP contribution >= 0.6 is 0 Å². The summed E-state index contributed by atoms with van der Waals surface area (Å²) in [6.07, 6.45) is -0.168. The second-order valence-electron chi connectivity index (χ2n) is 6.91. The molecule has 0 heterocycles. The summed E-state index contributed by atoms with van der Waals surface area (Å²) in [5, 5.41) is 4.77. The number of halogens is 2. The Labute approximate surface area is 189 Å². The summed E-state index contributed by atoms with van der Waals surface area (Å²) in [4.78, 5) is 24.9. The molecule has 0 aliphatic heterocycles. The van der Waals surface area contributed by atoms with E-state index in [2.05, 4.69) is 15.4 Å². The molecule has 0 spiro atoms. The number of alkyl halides is 2. The van der Waals surface area contributed by atoms with Crippen LogP contribution in [0.4, 0.5) is 19.3 Å². The minimum atomic E-state index is -3.44. The Morgan fingerprint density at radius 1 is 1.06 bits per heavy atom. The summed E-state index contributed by atoms with van der Waals surface area (Å²) in [6, 6.07) is 11.3. The standard InChI is InChI=1S/C21H24F2N2O7S/c1-30-17-9-8-15(12-18(17)32-20(22)23)24-19(26)16(10-11-33(2,28)29)25-21(27)31-13-14-6-4-3-5-7-14/h3-9,12,16,20H,10-11,13H2,1-2H3,(H,24,26)(H,25,27). The molecule has 1 unspecified atom stereocenters. The number of carbonyl (C=O) groups is 2. The van der Waals surface area contributed by atoms with E-state index in [0.717, 1.165) is 17.9 Å². The van der Waals surface area contributed by atoms with E-state index in [0.29, 0.717) is 0 Å². The SMILES string of the molecule is COc1ccc(NC(=O)C(CCS(C)(=O)=O)NC(=O)OCc2ccccc2)cc1OC(F)F. The third-order valence-electron chi connectivity index (χ3n) is 4.25. The van der Waals surface area contributed by atoms with E-state index in [1.807, 2.05) is 0 Å². The number of amides is 2. The van der Waals surface area contributed by atoms with Gasteiger partial charge in [0.1, 0.15) is 22.5 Å². The van der Waals surface area contributed by atoms with E-state index in [4.69, 9.17) is 9.47 Å². The molecule has 0 fully saturated rings. The maximum atomic E-state index is 12.7. The monoisotopic (exact) mass is 486 g/mol. The molecule has 1 atom stereocenters. The van der Waals surface area contributed by atoms with Crippen LogP contribution in [0.2, 0.25) is 0 Å². The highest BCUT2D eigenvalue weighted by Crippen LogP contribution is 2.31. The fourth-order valence-corrected chi connectivity index (χ4v) is 3.34. The normalized spacial score (nSPS) is 12.0. The minimum Gasteiger partial charge on any atom is -0.493 e. The van der Waals surface area contributed by atoms with Gasteiger partial charge in [0, 0.05) is 18.0 Å². The van der Waals surface area contributed by atoms with E-state index in [1.54, 1.807) is 30.3 Å². The van der Waals surface area contributed by atoms with Crippen molar-refractivity contribution >= 4 is 27.5 Å². The summed E-state index contributed by atoms with van der Waals surface area (Å²) in [5.74, 6) is -1.45. The number of rotatable bonds is 11. The second kappa shape index (κ2) is 12.0. The zero-order valence-corrected chi connectivity index (χ0v) is 18.7. The summed E-state index contributed by atoms with van der Waals surface area (Å²) >= 11 is 0. The molecule has 2 rings (SSSR count). The molecule has 0 bridgehead atoms. The Morgan fingerprint density at radius 3 is 2.36 bits per heavy atom. The van der Waals surface area contributed by atoms with E-state index < -0.39 is 34.5 Å². The van der Waals surface area contributed by atoms with Crippen LogP contribution in [-0.2, 0) is 26.0 Å². The number of benzene rings is 2. The van der Waals surface area contributed by atoms with Crippen molar-refractivity contribution in [1.29, 1.82) is 0 Å². The molecular formula is C21H24F2N2O7S. The number of hydrogen-bond acceptors (Lipinski definition) is 7. The molecule has 9 nitrogen and oxygen atoms in total. The van der Waals surface area contributed by atoms with E-state index >= 15 is 0 Å². The van der Waals surface area contributed by atoms with E-state index in [-0.39, 0.29) is 36.0 Å². The van der Waals surface area contributed by atoms with Crippen molar-refractivity contribution in [2.45, 2.75) is 25.7 Å². The predicted molar refractivity (Wildman–Crippen MR) is 116 cm³/mol. The van der Waals surface area contributed by atoms with Crippen LogP contribution in [0.5, 0.6) is 11.5 Å². The molecule has 12 heteroatoms. The molecule has 2 aromatic rings. The van der Waals surface area contributed by atoms with Crippen LogP contribution in [0.1, 0.15) is 12.0 Å². The molecule has 0 saturated heterocycles. The van der Waals surface area contributed by atoms with Crippen LogP contribution < -0.4 is 20.1 Å². The van der Waals surface area contributed by atoms with Crippen LogP contribution in [0, 0.1) is 0 Å². The van der Waals surface area contributed by atoms with Crippen molar-refractivity contribution in [3.05, 3.63) is 54.1 Å². The summed E-state index contributed by atoms with van der Waals surface area (Å²) in [6.45, 7) is -3.17. The van der Waals surface area contributed by atoms with Crippen LogP contribution in [-0.4, -0.2) is 52.2 Å². The lowest BCUT2D eigenvalue weighted by Gasteiger charge is -2.19. The molecular weight excluding hydrogens is 462 g/mol. The number of alkyl carbamates (subject to hydrolysis) is 1. The number of nitrogens with one attached hydrogen (secondary N) is 2. The maximum absolute atomic E-state index is 12.7. The molecule has 2 amide bonds. The lowest BCUT2D eigenvalue weighted by atomic mass is 10.2. The van der Waals surface area contributed by atoms with Gasteiger partial charge in [0.15, 0.2) is 11.5 Å². The maximum Gasteiger partial charge on any atom is 0.408 e. The third kappa shape index (κ3) is 9.31. The average Bonchev–Trinajstić information content (AvgIpc) is 2.75. The highest BCUT2D eigenvalue weighted by atomic mass is 32.2. The van der Waals surface area contributed by atoms with Gasteiger partial charge < -0.3 is 24.8 Å². The topological polar surface area (TPSA) is 120 Å². The number of anilines is 1. The first-order valence-electron chi connectivity index (χ1n) is 9.66. The molecule has 2 aromatic carbocycles. The van der Waals surface area contributed by atoms with Gasteiger partial charge in [-0.15, -0.1) is 0 Å². The van der Waals surface area contributed by atoms with Crippen molar-refractivity contribution in [3.8, 4) is 11.5 Å². The van der Waals surface area contributed by atoms with Gasteiger partial charge in [0.25, 0.3) is 0 Å². The first kappa shape index (κ1) is 25.8. The number of hydrogen-bond donors (Lipinski definition) is 2. The van der Waals surface area contributed by atoms with Crippen LogP contribution in [0.15, 0.2) is 48.5 Å². The van der Waals surface area contributed by atoms with Gasteiger partial charge in [-0.1, -0.05) is 30.3 Å². The molecule has 2 N–H and O–H groups in total. The molecule has 0 aromatic heterocycles. The first-order valence-corrected chi connectivity index (χ1v) is 11.7. The molecule has 0 aliphatic rings.